The van der Waals surface area contributed by atoms with Crippen molar-refractivity contribution in [3.8, 4) is 0 Å². The molecule has 0 unspecified atom stereocenters. The smallest absolute Gasteiger partial charge is 0.221 e. The summed E-state index contributed by atoms with van der Waals surface area (Å²) in [5.41, 5.74) is 0.952. The highest BCUT2D eigenvalue weighted by Crippen LogP contribution is 2.40. The summed E-state index contributed by atoms with van der Waals surface area (Å²) >= 11 is 0. The third-order valence-electron chi connectivity index (χ3n) is 5.09. The molecule has 1 amide bonds. The lowest BCUT2D eigenvalue weighted by Crippen LogP contribution is -2.33. The molecule has 1 aliphatic rings. The van der Waals surface area contributed by atoms with Crippen LogP contribution in [0.3, 0.4) is 0 Å². The number of anilines is 1. The number of furan rings is 1. The van der Waals surface area contributed by atoms with Gasteiger partial charge in [0.25, 0.3) is 0 Å². The molecule has 6 heteroatoms. The van der Waals surface area contributed by atoms with Gasteiger partial charge in [-0.3, -0.25) is 4.79 Å². The summed E-state index contributed by atoms with van der Waals surface area (Å²) in [7, 11) is 0. The molecule has 1 saturated carbocycles. The minimum absolute atomic E-state index is 0.0592. The molecule has 0 spiro atoms. The highest BCUT2D eigenvalue weighted by Gasteiger charge is 2.28. The maximum absolute atomic E-state index is 12.3. The Balaban J connectivity index is 1.62. The van der Waals surface area contributed by atoms with Gasteiger partial charge in [0.2, 0.25) is 5.91 Å². The van der Waals surface area contributed by atoms with Crippen molar-refractivity contribution in [1.29, 1.82) is 0 Å². The third-order valence-corrected chi connectivity index (χ3v) is 5.09. The highest BCUT2D eigenvalue weighted by atomic mass is 16.3. The molecule has 152 valence electrons. The normalized spacial score (nSPS) is 13.8. The first-order chi connectivity index (χ1) is 14.1. The maximum Gasteiger partial charge on any atom is 0.221 e. The van der Waals surface area contributed by atoms with Crippen LogP contribution in [0.4, 0.5) is 5.82 Å². The van der Waals surface area contributed by atoms with Crippen molar-refractivity contribution < 1.29 is 9.21 Å². The summed E-state index contributed by atoms with van der Waals surface area (Å²) in [6.45, 7) is 6.01. The zero-order chi connectivity index (χ0) is 20.2. The number of amides is 1. The fourth-order valence-electron chi connectivity index (χ4n) is 3.34. The number of hydrogen-bond donors (Lipinski definition) is 1. The SMILES string of the molecule is CC(C)CNC(=O)CCN(Cc1ccco1)c1nc(C2CC2)nc2ccccc12. The van der Waals surface area contributed by atoms with Crippen molar-refractivity contribution in [2.75, 3.05) is 18.0 Å². The molecule has 3 aromatic rings. The molecule has 29 heavy (non-hydrogen) atoms. The van der Waals surface area contributed by atoms with Crippen LogP contribution in [0.5, 0.6) is 0 Å². The van der Waals surface area contributed by atoms with Gasteiger partial charge < -0.3 is 14.6 Å². The fourth-order valence-corrected chi connectivity index (χ4v) is 3.34. The number of rotatable bonds is 9. The molecule has 2 aromatic heterocycles. The predicted molar refractivity (Wildman–Crippen MR) is 114 cm³/mol. The Labute approximate surface area is 171 Å². The predicted octanol–water partition coefficient (Wildman–Crippen LogP) is 4.27. The molecule has 1 N–H and O–H groups in total. The van der Waals surface area contributed by atoms with E-state index in [4.69, 9.17) is 14.4 Å². The first-order valence-electron chi connectivity index (χ1n) is 10.4. The molecule has 0 bridgehead atoms. The van der Waals surface area contributed by atoms with Gasteiger partial charge in [-0.25, -0.2) is 9.97 Å². The topological polar surface area (TPSA) is 71.3 Å². The molecule has 0 radical (unpaired) electrons. The van der Waals surface area contributed by atoms with Crippen molar-refractivity contribution in [1.82, 2.24) is 15.3 Å². The van der Waals surface area contributed by atoms with Crippen LogP contribution in [0.1, 0.15) is 50.6 Å². The highest BCUT2D eigenvalue weighted by molar-refractivity contribution is 5.89. The largest absolute Gasteiger partial charge is 0.467 e. The molecule has 0 atom stereocenters. The van der Waals surface area contributed by atoms with Gasteiger partial charge in [-0.05, 0) is 43.0 Å². The molecule has 1 fully saturated rings. The van der Waals surface area contributed by atoms with E-state index < -0.39 is 0 Å². The van der Waals surface area contributed by atoms with E-state index in [1.807, 2.05) is 30.3 Å². The summed E-state index contributed by atoms with van der Waals surface area (Å²) in [6, 6.07) is 11.9. The third kappa shape index (κ3) is 4.94. The average molecular weight is 393 g/mol. The summed E-state index contributed by atoms with van der Waals surface area (Å²) in [5, 5.41) is 4.01. The number of fused-ring (bicyclic) bond motifs is 1. The minimum atomic E-state index is 0.0592. The number of nitrogens with zero attached hydrogens (tertiary/aromatic N) is 3. The minimum Gasteiger partial charge on any atom is -0.467 e. The monoisotopic (exact) mass is 392 g/mol. The van der Waals surface area contributed by atoms with E-state index in [-0.39, 0.29) is 5.91 Å². The zero-order valence-electron chi connectivity index (χ0n) is 17.1. The van der Waals surface area contributed by atoms with E-state index >= 15 is 0 Å². The first-order valence-corrected chi connectivity index (χ1v) is 10.4. The second-order valence-corrected chi connectivity index (χ2v) is 8.15. The van der Waals surface area contributed by atoms with E-state index in [2.05, 4.69) is 30.1 Å². The van der Waals surface area contributed by atoms with E-state index in [1.165, 1.54) is 0 Å². The van der Waals surface area contributed by atoms with Crippen LogP contribution in [-0.4, -0.2) is 29.0 Å². The molecule has 0 saturated heterocycles. The number of nitrogens with one attached hydrogen (secondary N) is 1. The van der Waals surface area contributed by atoms with Crippen LogP contribution in [-0.2, 0) is 11.3 Å². The molecule has 1 aliphatic carbocycles. The van der Waals surface area contributed by atoms with Crippen LogP contribution in [0, 0.1) is 5.92 Å². The molecule has 0 aliphatic heterocycles. The lowest BCUT2D eigenvalue weighted by atomic mass is 10.2. The van der Waals surface area contributed by atoms with Crippen LogP contribution in [0.25, 0.3) is 10.9 Å². The number of para-hydroxylation sites is 1. The molecule has 2 heterocycles. The van der Waals surface area contributed by atoms with Crippen molar-refractivity contribution in [3.63, 3.8) is 0 Å². The average Bonchev–Trinajstić information content (AvgIpc) is 3.45. The Bertz CT molecular complexity index is 964. The molecule has 1 aromatic carbocycles. The van der Waals surface area contributed by atoms with Gasteiger partial charge >= 0.3 is 0 Å². The Morgan fingerprint density at radius 3 is 2.76 bits per heavy atom. The Kier molecular flexibility index (Phi) is 5.79. The van der Waals surface area contributed by atoms with Gasteiger partial charge in [0.05, 0.1) is 18.3 Å². The van der Waals surface area contributed by atoms with E-state index in [1.54, 1.807) is 6.26 Å². The number of aromatic nitrogens is 2. The Morgan fingerprint density at radius 2 is 2.03 bits per heavy atom. The zero-order valence-corrected chi connectivity index (χ0v) is 17.1. The molecule has 4 rings (SSSR count). The quantitative estimate of drug-likeness (QED) is 0.589. The molecule has 6 nitrogen and oxygen atoms in total. The lowest BCUT2D eigenvalue weighted by molar-refractivity contribution is -0.121. The van der Waals surface area contributed by atoms with Gasteiger partial charge in [0.1, 0.15) is 17.4 Å². The standard InChI is InChI=1S/C23H28N4O2/c1-16(2)14-24-21(28)11-12-27(15-18-6-5-13-29-18)23-19-7-3-4-8-20(19)25-22(26-23)17-9-10-17/h3-8,13,16-17H,9-12,14-15H2,1-2H3,(H,24,28). The number of carbonyl (C=O) groups excluding carboxylic acids is 1. The van der Waals surface area contributed by atoms with Crippen molar-refractivity contribution >= 4 is 22.6 Å². The summed E-state index contributed by atoms with van der Waals surface area (Å²) in [6.07, 6.45) is 4.38. The Morgan fingerprint density at radius 1 is 1.21 bits per heavy atom. The van der Waals surface area contributed by atoms with Crippen LogP contribution in [0.15, 0.2) is 47.1 Å². The molecular formula is C23H28N4O2. The van der Waals surface area contributed by atoms with E-state index in [9.17, 15) is 4.79 Å². The second-order valence-electron chi connectivity index (χ2n) is 8.15. The van der Waals surface area contributed by atoms with Crippen molar-refractivity contribution in [3.05, 3.63) is 54.2 Å². The van der Waals surface area contributed by atoms with E-state index in [0.717, 1.165) is 41.1 Å². The van der Waals surface area contributed by atoms with Crippen LogP contribution < -0.4 is 10.2 Å². The van der Waals surface area contributed by atoms with Crippen LogP contribution in [0.2, 0.25) is 0 Å². The van der Waals surface area contributed by atoms with Crippen molar-refractivity contribution in [2.45, 2.75) is 45.6 Å². The first kappa shape index (κ1) is 19.4. The number of carbonyl (C=O) groups is 1. The summed E-state index contributed by atoms with van der Waals surface area (Å²) < 4.78 is 5.59. The van der Waals surface area contributed by atoms with Gasteiger partial charge in [-0.2, -0.15) is 0 Å². The summed E-state index contributed by atoms with van der Waals surface area (Å²) in [4.78, 5) is 24.2. The second kappa shape index (κ2) is 8.64. The van der Waals surface area contributed by atoms with E-state index in [0.29, 0.717) is 37.9 Å². The van der Waals surface area contributed by atoms with Gasteiger partial charge in [0, 0.05) is 30.8 Å². The Hall–Kier alpha value is -2.89. The van der Waals surface area contributed by atoms with Crippen molar-refractivity contribution in [2.24, 2.45) is 5.92 Å². The van der Waals surface area contributed by atoms with Gasteiger partial charge in [-0.1, -0.05) is 26.0 Å². The van der Waals surface area contributed by atoms with Gasteiger partial charge in [-0.15, -0.1) is 0 Å². The number of hydrogen-bond acceptors (Lipinski definition) is 5. The number of benzene rings is 1. The molecular weight excluding hydrogens is 364 g/mol. The fraction of sp³-hybridized carbons (Fsp3) is 0.435. The lowest BCUT2D eigenvalue weighted by Gasteiger charge is -2.24. The van der Waals surface area contributed by atoms with Gasteiger partial charge in [0.15, 0.2) is 0 Å². The summed E-state index contributed by atoms with van der Waals surface area (Å²) in [5.74, 6) is 3.59. The maximum atomic E-state index is 12.3. The van der Waals surface area contributed by atoms with Crippen LogP contribution >= 0.6 is 0 Å².